The number of fused-ring (bicyclic) bond motifs is 1. The summed E-state index contributed by atoms with van der Waals surface area (Å²) in [5.41, 5.74) is 8.74. The zero-order chi connectivity index (χ0) is 11.0. The highest BCUT2D eigenvalue weighted by atomic mass is 15.0. The molecule has 0 fully saturated rings. The smallest absolute Gasteiger partial charge is 0.0776 e. The van der Waals surface area contributed by atoms with Gasteiger partial charge < -0.3 is 10.3 Å². The van der Waals surface area contributed by atoms with Crippen molar-refractivity contribution in [1.29, 1.82) is 0 Å². The molecule has 3 heteroatoms. The molecule has 3 rings (SSSR count). The molecule has 2 heterocycles. The van der Waals surface area contributed by atoms with Crippen LogP contribution in [0.2, 0.25) is 0 Å². The summed E-state index contributed by atoms with van der Waals surface area (Å²) in [6.07, 6.45) is 5.76. The van der Waals surface area contributed by atoms with E-state index in [1.54, 1.807) is 6.20 Å². The van der Waals surface area contributed by atoms with Gasteiger partial charge in [0.1, 0.15) is 0 Å². The van der Waals surface area contributed by atoms with E-state index in [0.29, 0.717) is 0 Å². The van der Waals surface area contributed by atoms with Crippen molar-refractivity contribution in [3.05, 3.63) is 55.0 Å². The predicted octanol–water partition coefficient (Wildman–Crippen LogP) is 2.61. The van der Waals surface area contributed by atoms with Crippen molar-refractivity contribution in [1.82, 2.24) is 9.55 Å². The molecule has 16 heavy (non-hydrogen) atoms. The molecule has 0 aliphatic rings. The molecule has 2 aromatic heterocycles. The number of aromatic nitrogens is 2. The molecule has 78 valence electrons. The molecule has 0 atom stereocenters. The molecule has 0 aliphatic heterocycles. The van der Waals surface area contributed by atoms with Gasteiger partial charge in [0, 0.05) is 24.0 Å². The van der Waals surface area contributed by atoms with Crippen LogP contribution in [-0.4, -0.2) is 9.55 Å². The molecule has 3 nitrogen and oxygen atoms in total. The first-order chi connectivity index (χ1) is 7.86. The van der Waals surface area contributed by atoms with Gasteiger partial charge in [-0.1, -0.05) is 0 Å². The lowest BCUT2D eigenvalue weighted by atomic mass is 10.1. The quantitative estimate of drug-likeness (QED) is 0.626. The van der Waals surface area contributed by atoms with Gasteiger partial charge in [-0.2, -0.15) is 0 Å². The molecule has 0 aliphatic carbocycles. The fourth-order valence-electron chi connectivity index (χ4n) is 1.93. The Morgan fingerprint density at radius 2 is 1.81 bits per heavy atom. The highest BCUT2D eigenvalue weighted by Gasteiger charge is 2.06. The fourth-order valence-corrected chi connectivity index (χ4v) is 1.93. The van der Waals surface area contributed by atoms with Crippen LogP contribution < -0.4 is 5.73 Å². The van der Waals surface area contributed by atoms with Gasteiger partial charge in [0.25, 0.3) is 0 Å². The number of rotatable bonds is 1. The Balaban J connectivity index is 2.42. The van der Waals surface area contributed by atoms with Crippen LogP contribution in [0, 0.1) is 0 Å². The third-order valence-corrected chi connectivity index (χ3v) is 2.65. The maximum atomic E-state index is 6.03. The lowest BCUT2D eigenvalue weighted by molar-refractivity contribution is 1.10. The number of nitrogens with two attached hydrogens (primary N) is 1. The first kappa shape index (κ1) is 8.97. The lowest BCUT2D eigenvalue weighted by Gasteiger charge is -2.10. The van der Waals surface area contributed by atoms with Gasteiger partial charge in [0.2, 0.25) is 0 Å². The van der Waals surface area contributed by atoms with Gasteiger partial charge in [0.05, 0.1) is 16.9 Å². The summed E-state index contributed by atoms with van der Waals surface area (Å²) in [6.45, 7) is 0. The summed E-state index contributed by atoms with van der Waals surface area (Å²) in [5, 5.41) is 1.07. The topological polar surface area (TPSA) is 43.8 Å². The van der Waals surface area contributed by atoms with Crippen molar-refractivity contribution in [3.8, 4) is 5.69 Å². The fraction of sp³-hybridized carbons (Fsp3) is 0. The van der Waals surface area contributed by atoms with Crippen LogP contribution in [-0.2, 0) is 0 Å². The van der Waals surface area contributed by atoms with E-state index in [-0.39, 0.29) is 0 Å². The average molecular weight is 209 g/mol. The van der Waals surface area contributed by atoms with Gasteiger partial charge in [-0.3, -0.25) is 4.98 Å². The van der Waals surface area contributed by atoms with Crippen LogP contribution in [0.3, 0.4) is 0 Å². The highest BCUT2D eigenvalue weighted by Crippen LogP contribution is 2.26. The van der Waals surface area contributed by atoms with Crippen molar-refractivity contribution in [2.24, 2.45) is 0 Å². The molecule has 1 aromatic carbocycles. The van der Waals surface area contributed by atoms with Crippen LogP contribution in [0.25, 0.3) is 16.6 Å². The molecule has 0 unspecified atom stereocenters. The number of nitrogen functional groups attached to an aromatic ring is 1. The minimum atomic E-state index is 0.761. The Morgan fingerprint density at radius 1 is 1.00 bits per heavy atom. The SMILES string of the molecule is Nc1ccc2ncccc2c1-n1cccc1. The minimum absolute atomic E-state index is 0.761. The molecule has 0 bridgehead atoms. The summed E-state index contributed by atoms with van der Waals surface area (Å²) in [4.78, 5) is 4.32. The molecule has 0 radical (unpaired) electrons. The first-order valence-electron chi connectivity index (χ1n) is 5.13. The highest BCUT2D eigenvalue weighted by molar-refractivity contribution is 5.92. The van der Waals surface area contributed by atoms with E-state index in [2.05, 4.69) is 4.98 Å². The van der Waals surface area contributed by atoms with Crippen molar-refractivity contribution < 1.29 is 0 Å². The Morgan fingerprint density at radius 3 is 2.62 bits per heavy atom. The van der Waals surface area contributed by atoms with Crippen molar-refractivity contribution in [2.75, 3.05) is 5.73 Å². The van der Waals surface area contributed by atoms with Gasteiger partial charge >= 0.3 is 0 Å². The van der Waals surface area contributed by atoms with E-state index in [4.69, 9.17) is 5.73 Å². The zero-order valence-electron chi connectivity index (χ0n) is 8.67. The third-order valence-electron chi connectivity index (χ3n) is 2.65. The summed E-state index contributed by atoms with van der Waals surface area (Å²) in [7, 11) is 0. The second-order valence-corrected chi connectivity index (χ2v) is 3.66. The number of hydrogen-bond donors (Lipinski definition) is 1. The van der Waals surface area contributed by atoms with Crippen LogP contribution in [0.4, 0.5) is 5.69 Å². The summed E-state index contributed by atoms with van der Waals surface area (Å²) in [6, 6.07) is 11.8. The van der Waals surface area contributed by atoms with Crippen LogP contribution >= 0.6 is 0 Å². The number of anilines is 1. The standard InChI is InChI=1S/C13H11N3/c14-11-5-6-12-10(4-3-7-15-12)13(11)16-8-1-2-9-16/h1-9H,14H2. The molecule has 2 N–H and O–H groups in total. The largest absolute Gasteiger partial charge is 0.397 e. The predicted molar refractivity (Wildman–Crippen MR) is 65.5 cm³/mol. The van der Waals surface area contributed by atoms with Gasteiger partial charge in [0.15, 0.2) is 0 Å². The summed E-state index contributed by atoms with van der Waals surface area (Å²) < 4.78 is 2.01. The van der Waals surface area contributed by atoms with E-state index in [1.807, 2.05) is 53.4 Å². The zero-order valence-corrected chi connectivity index (χ0v) is 8.67. The Hall–Kier alpha value is -2.29. The molecule has 0 spiro atoms. The van der Waals surface area contributed by atoms with Crippen molar-refractivity contribution in [2.45, 2.75) is 0 Å². The van der Waals surface area contributed by atoms with E-state index in [1.165, 1.54) is 0 Å². The Kier molecular flexibility index (Phi) is 1.90. The maximum Gasteiger partial charge on any atom is 0.0776 e. The average Bonchev–Trinajstić information content (AvgIpc) is 2.82. The molecular formula is C13H11N3. The molecule has 0 saturated carbocycles. The molecular weight excluding hydrogens is 198 g/mol. The van der Waals surface area contributed by atoms with Crippen molar-refractivity contribution in [3.63, 3.8) is 0 Å². The van der Waals surface area contributed by atoms with Gasteiger partial charge in [-0.15, -0.1) is 0 Å². The molecule has 0 saturated heterocycles. The number of nitrogens with zero attached hydrogens (tertiary/aromatic N) is 2. The second-order valence-electron chi connectivity index (χ2n) is 3.66. The summed E-state index contributed by atoms with van der Waals surface area (Å²) >= 11 is 0. The summed E-state index contributed by atoms with van der Waals surface area (Å²) in [5.74, 6) is 0. The monoisotopic (exact) mass is 209 g/mol. The van der Waals surface area contributed by atoms with E-state index < -0.39 is 0 Å². The number of pyridine rings is 1. The molecule has 0 amide bonds. The van der Waals surface area contributed by atoms with E-state index in [9.17, 15) is 0 Å². The second kappa shape index (κ2) is 3.38. The van der Waals surface area contributed by atoms with Crippen LogP contribution in [0.5, 0.6) is 0 Å². The van der Waals surface area contributed by atoms with Crippen molar-refractivity contribution >= 4 is 16.6 Å². The van der Waals surface area contributed by atoms with E-state index >= 15 is 0 Å². The van der Waals surface area contributed by atoms with Gasteiger partial charge in [-0.05, 0) is 36.4 Å². The van der Waals surface area contributed by atoms with Crippen LogP contribution in [0.1, 0.15) is 0 Å². The lowest BCUT2D eigenvalue weighted by Crippen LogP contribution is -1.98. The van der Waals surface area contributed by atoms with E-state index in [0.717, 1.165) is 22.3 Å². The maximum absolute atomic E-state index is 6.03. The Bertz CT molecular complexity index is 627. The third kappa shape index (κ3) is 1.26. The normalized spacial score (nSPS) is 10.8. The Labute approximate surface area is 93.1 Å². The number of hydrogen-bond acceptors (Lipinski definition) is 2. The first-order valence-corrected chi connectivity index (χ1v) is 5.13. The molecule has 3 aromatic rings. The van der Waals surface area contributed by atoms with Crippen LogP contribution in [0.15, 0.2) is 55.0 Å². The minimum Gasteiger partial charge on any atom is -0.397 e. The van der Waals surface area contributed by atoms with Gasteiger partial charge in [-0.25, -0.2) is 0 Å². The number of benzene rings is 1.